The van der Waals surface area contributed by atoms with Crippen molar-refractivity contribution in [3.63, 3.8) is 0 Å². The highest BCUT2D eigenvalue weighted by atomic mass is 16.5. The van der Waals surface area contributed by atoms with Crippen LogP contribution in [0.25, 0.3) is 0 Å². The molecule has 3 heteroatoms. The fraction of sp³-hybridized carbons (Fsp3) is 0.833. The molecular formula is C12H22N2O. The van der Waals surface area contributed by atoms with Gasteiger partial charge in [0, 0.05) is 19.1 Å². The maximum absolute atomic E-state index is 5.54. The van der Waals surface area contributed by atoms with Gasteiger partial charge in [0.25, 0.3) is 0 Å². The van der Waals surface area contributed by atoms with E-state index >= 15 is 0 Å². The van der Waals surface area contributed by atoms with E-state index in [4.69, 9.17) is 4.74 Å². The highest BCUT2D eigenvalue weighted by Gasteiger charge is 2.28. The Morgan fingerprint density at radius 3 is 2.47 bits per heavy atom. The van der Waals surface area contributed by atoms with Crippen molar-refractivity contribution in [3.8, 4) is 11.8 Å². The van der Waals surface area contributed by atoms with Gasteiger partial charge in [-0.1, -0.05) is 26.7 Å². The Balaban J connectivity index is 2.26. The highest BCUT2D eigenvalue weighted by molar-refractivity contribution is 4.95. The minimum atomic E-state index is 0.101. The Kier molecular flexibility index (Phi) is 4.59. The lowest BCUT2D eigenvalue weighted by Crippen LogP contribution is -2.59. The third-order valence-electron chi connectivity index (χ3n) is 2.68. The molecule has 0 aromatic rings. The van der Waals surface area contributed by atoms with Gasteiger partial charge in [-0.25, -0.2) is 0 Å². The molecule has 0 bridgehead atoms. The zero-order chi connectivity index (χ0) is 11.3. The minimum absolute atomic E-state index is 0.101. The van der Waals surface area contributed by atoms with Crippen LogP contribution in [0, 0.1) is 17.3 Å². The first kappa shape index (κ1) is 12.5. The summed E-state index contributed by atoms with van der Waals surface area (Å²) in [5, 5.41) is 6.88. The van der Waals surface area contributed by atoms with Crippen LogP contribution in [0.4, 0.5) is 0 Å². The fourth-order valence-electron chi connectivity index (χ4n) is 1.59. The predicted molar refractivity (Wildman–Crippen MR) is 62.4 cm³/mol. The van der Waals surface area contributed by atoms with Gasteiger partial charge in [-0.05, 0) is 12.3 Å². The Morgan fingerprint density at radius 1 is 1.27 bits per heavy atom. The first-order chi connectivity index (χ1) is 7.04. The van der Waals surface area contributed by atoms with Gasteiger partial charge in [-0.2, -0.15) is 0 Å². The summed E-state index contributed by atoms with van der Waals surface area (Å²) >= 11 is 0. The van der Waals surface area contributed by atoms with Gasteiger partial charge >= 0.3 is 0 Å². The molecule has 0 aromatic heterocycles. The number of piperazine rings is 1. The molecule has 0 spiro atoms. The molecule has 1 fully saturated rings. The number of nitrogens with one attached hydrogen (secondary N) is 2. The molecule has 2 unspecified atom stereocenters. The Bertz CT molecular complexity index is 239. The van der Waals surface area contributed by atoms with Crippen molar-refractivity contribution < 1.29 is 4.74 Å². The first-order valence-corrected chi connectivity index (χ1v) is 5.52. The van der Waals surface area contributed by atoms with E-state index in [2.05, 4.69) is 43.2 Å². The topological polar surface area (TPSA) is 33.3 Å². The maximum atomic E-state index is 5.54. The monoisotopic (exact) mass is 210 g/mol. The number of rotatable bonds is 2. The summed E-state index contributed by atoms with van der Waals surface area (Å²) in [4.78, 5) is 0. The largest absolute Gasteiger partial charge is 0.349 e. The number of hydrogen-bond donors (Lipinski definition) is 2. The van der Waals surface area contributed by atoms with Gasteiger partial charge < -0.3 is 10.1 Å². The third kappa shape index (κ3) is 4.21. The van der Waals surface area contributed by atoms with Crippen molar-refractivity contribution in [1.29, 1.82) is 0 Å². The summed E-state index contributed by atoms with van der Waals surface area (Å²) in [6, 6.07) is 0.509. The SMILES string of the molecule is CC#CCOC1CNC(C(C)(C)C)CN1. The second-order valence-electron chi connectivity index (χ2n) is 4.96. The van der Waals surface area contributed by atoms with Crippen LogP contribution in [0.2, 0.25) is 0 Å². The molecule has 0 aliphatic carbocycles. The Morgan fingerprint density at radius 2 is 2.00 bits per heavy atom. The van der Waals surface area contributed by atoms with E-state index in [1.165, 1.54) is 0 Å². The van der Waals surface area contributed by atoms with Gasteiger partial charge in [0.15, 0.2) is 0 Å². The molecule has 1 aliphatic rings. The molecule has 2 atom stereocenters. The van der Waals surface area contributed by atoms with E-state index in [0.717, 1.165) is 13.1 Å². The molecule has 2 N–H and O–H groups in total. The van der Waals surface area contributed by atoms with Crippen molar-refractivity contribution in [1.82, 2.24) is 10.6 Å². The van der Waals surface area contributed by atoms with Crippen molar-refractivity contribution in [2.24, 2.45) is 5.41 Å². The molecule has 1 saturated heterocycles. The standard InChI is InChI=1S/C12H22N2O/c1-5-6-7-15-11-9-13-10(8-14-11)12(2,3)4/h10-11,13-14H,7-9H2,1-4H3. The minimum Gasteiger partial charge on any atom is -0.349 e. The summed E-state index contributed by atoms with van der Waals surface area (Å²) in [6.45, 7) is 10.9. The van der Waals surface area contributed by atoms with E-state index in [0.29, 0.717) is 18.1 Å². The zero-order valence-corrected chi connectivity index (χ0v) is 10.2. The quantitative estimate of drug-likeness (QED) is 0.666. The molecule has 0 radical (unpaired) electrons. The lowest BCUT2D eigenvalue weighted by molar-refractivity contribution is 0.0219. The third-order valence-corrected chi connectivity index (χ3v) is 2.68. The molecule has 0 saturated carbocycles. The molecule has 15 heavy (non-hydrogen) atoms. The molecule has 3 nitrogen and oxygen atoms in total. The zero-order valence-electron chi connectivity index (χ0n) is 10.2. The molecule has 0 aromatic carbocycles. The molecule has 86 valence electrons. The summed E-state index contributed by atoms with van der Waals surface area (Å²) in [5.41, 5.74) is 0.293. The second kappa shape index (κ2) is 5.50. The van der Waals surface area contributed by atoms with Gasteiger partial charge in [0.05, 0.1) is 0 Å². The van der Waals surface area contributed by atoms with Crippen LogP contribution in [0.15, 0.2) is 0 Å². The van der Waals surface area contributed by atoms with E-state index < -0.39 is 0 Å². The van der Waals surface area contributed by atoms with Crippen LogP contribution in [-0.2, 0) is 4.74 Å². The van der Waals surface area contributed by atoms with Crippen LogP contribution in [0.3, 0.4) is 0 Å². The van der Waals surface area contributed by atoms with Crippen LogP contribution < -0.4 is 10.6 Å². The van der Waals surface area contributed by atoms with Crippen LogP contribution in [0.1, 0.15) is 27.7 Å². The molecule has 0 amide bonds. The van der Waals surface area contributed by atoms with Crippen molar-refractivity contribution in [3.05, 3.63) is 0 Å². The lowest BCUT2D eigenvalue weighted by Gasteiger charge is -2.38. The van der Waals surface area contributed by atoms with E-state index in [-0.39, 0.29) is 6.23 Å². The average Bonchev–Trinajstić information content (AvgIpc) is 2.18. The summed E-state index contributed by atoms with van der Waals surface area (Å²) in [7, 11) is 0. The van der Waals surface area contributed by atoms with E-state index in [1.54, 1.807) is 0 Å². The van der Waals surface area contributed by atoms with Crippen LogP contribution in [0.5, 0.6) is 0 Å². The van der Waals surface area contributed by atoms with Crippen LogP contribution >= 0.6 is 0 Å². The molecule has 1 rings (SSSR count). The smallest absolute Gasteiger partial charge is 0.122 e. The van der Waals surface area contributed by atoms with Crippen molar-refractivity contribution in [2.75, 3.05) is 19.7 Å². The summed E-state index contributed by atoms with van der Waals surface area (Å²) in [6.07, 6.45) is 0.101. The van der Waals surface area contributed by atoms with Crippen molar-refractivity contribution >= 4 is 0 Å². The van der Waals surface area contributed by atoms with Gasteiger partial charge in [0.2, 0.25) is 0 Å². The number of hydrogen-bond acceptors (Lipinski definition) is 3. The Labute approximate surface area is 93.0 Å². The van der Waals surface area contributed by atoms with E-state index in [1.807, 2.05) is 6.92 Å². The molecule has 1 aliphatic heterocycles. The average molecular weight is 210 g/mol. The number of ether oxygens (including phenoxy) is 1. The van der Waals surface area contributed by atoms with Crippen LogP contribution in [-0.4, -0.2) is 32.0 Å². The fourth-order valence-corrected chi connectivity index (χ4v) is 1.59. The second-order valence-corrected chi connectivity index (χ2v) is 4.96. The van der Waals surface area contributed by atoms with E-state index in [9.17, 15) is 0 Å². The predicted octanol–water partition coefficient (Wildman–Crippen LogP) is 0.960. The highest BCUT2D eigenvalue weighted by Crippen LogP contribution is 2.20. The van der Waals surface area contributed by atoms with Gasteiger partial charge in [-0.3, -0.25) is 5.32 Å². The summed E-state index contributed by atoms with van der Waals surface area (Å²) < 4.78 is 5.54. The van der Waals surface area contributed by atoms with Gasteiger partial charge in [0.1, 0.15) is 12.8 Å². The van der Waals surface area contributed by atoms with Crippen molar-refractivity contribution in [2.45, 2.75) is 40.0 Å². The summed E-state index contributed by atoms with van der Waals surface area (Å²) in [5.74, 6) is 5.71. The normalized spacial score (nSPS) is 26.9. The van der Waals surface area contributed by atoms with Gasteiger partial charge in [-0.15, -0.1) is 5.92 Å². The maximum Gasteiger partial charge on any atom is 0.122 e. The first-order valence-electron chi connectivity index (χ1n) is 5.52. The molecular weight excluding hydrogens is 188 g/mol. The Hall–Kier alpha value is -0.560. The lowest BCUT2D eigenvalue weighted by atomic mass is 9.86. The molecule has 1 heterocycles.